The molecule has 0 saturated heterocycles. The van der Waals surface area contributed by atoms with E-state index in [0.29, 0.717) is 16.3 Å². The number of amides is 2. The summed E-state index contributed by atoms with van der Waals surface area (Å²) in [6, 6.07) is 14.9. The van der Waals surface area contributed by atoms with Crippen molar-refractivity contribution in [2.24, 2.45) is 0 Å². The van der Waals surface area contributed by atoms with E-state index in [1.165, 1.54) is 11.3 Å². The number of hydrogen-bond acceptors (Lipinski definition) is 6. The molecular weight excluding hydrogens is 412 g/mol. The number of rotatable bonds is 7. The highest BCUT2D eigenvalue weighted by atomic mass is 32.1. The molecule has 160 valence electrons. The van der Waals surface area contributed by atoms with Crippen LogP contribution in [0, 0.1) is 6.92 Å². The Hall–Kier alpha value is -3.26. The summed E-state index contributed by atoms with van der Waals surface area (Å²) in [7, 11) is 0. The molecule has 0 atom stereocenters. The fraction of sp³-hybridized carbons (Fsp3) is 0.304. The molecule has 2 N–H and O–H groups in total. The third-order valence-corrected chi connectivity index (χ3v) is 6.01. The lowest BCUT2D eigenvalue weighted by Gasteiger charge is -2.12. The Morgan fingerprint density at radius 1 is 1.06 bits per heavy atom. The van der Waals surface area contributed by atoms with Crippen molar-refractivity contribution in [1.82, 2.24) is 15.5 Å². The number of anilines is 1. The van der Waals surface area contributed by atoms with Gasteiger partial charge in [-0.1, -0.05) is 47.9 Å². The number of nitrogens with one attached hydrogen (secondary N) is 2. The smallest absolute Gasteiger partial charge is 0.286 e. The average Bonchev–Trinajstić information content (AvgIpc) is 3.46. The first kappa shape index (κ1) is 21.0. The summed E-state index contributed by atoms with van der Waals surface area (Å²) in [6.45, 7) is 2.25. The molecule has 1 saturated carbocycles. The molecule has 1 aliphatic carbocycles. The molecule has 1 aromatic heterocycles. The minimum absolute atomic E-state index is 0.116. The van der Waals surface area contributed by atoms with Crippen molar-refractivity contribution in [1.29, 1.82) is 0 Å². The first-order valence-corrected chi connectivity index (χ1v) is 11.1. The first-order valence-electron chi connectivity index (χ1n) is 10.3. The number of hydrogen-bond donors (Lipinski definition) is 2. The molecule has 2 aromatic carbocycles. The van der Waals surface area contributed by atoms with Crippen molar-refractivity contribution in [2.45, 2.75) is 45.3 Å². The average molecular weight is 437 g/mol. The van der Waals surface area contributed by atoms with Crippen LogP contribution in [0.1, 0.15) is 56.4 Å². The number of carbonyl (C=O) groups excluding carboxylic acids is 2. The van der Waals surface area contributed by atoms with Gasteiger partial charge < -0.3 is 15.4 Å². The van der Waals surface area contributed by atoms with Crippen LogP contribution in [0.15, 0.2) is 48.5 Å². The standard InChI is InChI=1S/C23H24N4O3S/c1-15-9-11-19(12-10-15)30-14-20-26-27-23(31-20)22(29)25-18-8-4-5-16(13-18)21(28)24-17-6-2-3-7-17/h4-5,8-13,17H,2-3,6-7,14H2,1H3,(H,24,28)(H,25,29). The molecule has 0 aliphatic heterocycles. The van der Waals surface area contributed by atoms with Crippen LogP contribution in [-0.4, -0.2) is 28.1 Å². The summed E-state index contributed by atoms with van der Waals surface area (Å²) >= 11 is 1.18. The van der Waals surface area contributed by atoms with Gasteiger partial charge in [-0.2, -0.15) is 0 Å². The SMILES string of the molecule is Cc1ccc(OCc2nnc(C(=O)Nc3cccc(C(=O)NC4CCCC4)c3)s2)cc1. The Morgan fingerprint density at radius 3 is 2.61 bits per heavy atom. The molecule has 0 spiro atoms. The normalized spacial score (nSPS) is 13.7. The molecule has 31 heavy (non-hydrogen) atoms. The Labute approximate surface area is 184 Å². The number of ether oxygens (including phenoxy) is 1. The fourth-order valence-corrected chi connectivity index (χ4v) is 4.09. The predicted molar refractivity (Wildman–Crippen MR) is 120 cm³/mol. The lowest BCUT2D eigenvalue weighted by atomic mass is 10.1. The van der Waals surface area contributed by atoms with Crippen LogP contribution in [-0.2, 0) is 6.61 Å². The van der Waals surface area contributed by atoms with Crippen molar-refractivity contribution in [3.05, 3.63) is 69.7 Å². The minimum Gasteiger partial charge on any atom is -0.486 e. The number of aromatic nitrogens is 2. The summed E-state index contributed by atoms with van der Waals surface area (Å²) in [6.07, 6.45) is 4.35. The number of aryl methyl sites for hydroxylation is 1. The van der Waals surface area contributed by atoms with Crippen LogP contribution in [0.25, 0.3) is 0 Å². The van der Waals surface area contributed by atoms with E-state index >= 15 is 0 Å². The van der Waals surface area contributed by atoms with E-state index in [0.717, 1.165) is 37.0 Å². The summed E-state index contributed by atoms with van der Waals surface area (Å²) in [5.41, 5.74) is 2.22. The highest BCUT2D eigenvalue weighted by Crippen LogP contribution is 2.20. The molecule has 4 rings (SSSR count). The van der Waals surface area contributed by atoms with Gasteiger partial charge >= 0.3 is 0 Å². The van der Waals surface area contributed by atoms with Crippen LogP contribution in [0.4, 0.5) is 5.69 Å². The Balaban J connectivity index is 1.34. The van der Waals surface area contributed by atoms with Gasteiger partial charge in [0.25, 0.3) is 11.8 Å². The van der Waals surface area contributed by atoms with Crippen LogP contribution in [0.5, 0.6) is 5.75 Å². The van der Waals surface area contributed by atoms with Gasteiger partial charge in [-0.05, 0) is 50.1 Å². The molecule has 0 radical (unpaired) electrons. The van der Waals surface area contributed by atoms with E-state index in [4.69, 9.17) is 4.74 Å². The van der Waals surface area contributed by atoms with Gasteiger partial charge in [-0.3, -0.25) is 9.59 Å². The van der Waals surface area contributed by atoms with Gasteiger partial charge in [0.1, 0.15) is 12.4 Å². The second kappa shape index (κ2) is 9.70. The highest BCUT2D eigenvalue weighted by Gasteiger charge is 2.19. The van der Waals surface area contributed by atoms with Gasteiger partial charge in [-0.25, -0.2) is 0 Å². The lowest BCUT2D eigenvalue weighted by molar-refractivity contribution is 0.0936. The van der Waals surface area contributed by atoms with Crippen LogP contribution < -0.4 is 15.4 Å². The highest BCUT2D eigenvalue weighted by molar-refractivity contribution is 7.13. The van der Waals surface area contributed by atoms with E-state index in [-0.39, 0.29) is 29.5 Å². The topological polar surface area (TPSA) is 93.2 Å². The maximum atomic E-state index is 12.6. The van der Waals surface area contributed by atoms with E-state index in [1.54, 1.807) is 24.3 Å². The first-order chi connectivity index (χ1) is 15.1. The zero-order valence-corrected chi connectivity index (χ0v) is 18.1. The van der Waals surface area contributed by atoms with Crippen LogP contribution in [0.3, 0.4) is 0 Å². The molecule has 8 heteroatoms. The molecule has 3 aromatic rings. The Bertz CT molecular complexity index is 1060. The van der Waals surface area contributed by atoms with E-state index < -0.39 is 0 Å². The summed E-state index contributed by atoms with van der Waals surface area (Å²) in [5.74, 6) is 0.251. The van der Waals surface area contributed by atoms with Crippen molar-refractivity contribution in [2.75, 3.05) is 5.32 Å². The summed E-state index contributed by atoms with van der Waals surface area (Å²) in [5, 5.41) is 14.7. The largest absolute Gasteiger partial charge is 0.486 e. The molecule has 2 amide bonds. The predicted octanol–water partition coefficient (Wildman–Crippen LogP) is 4.35. The zero-order chi connectivity index (χ0) is 21.6. The monoisotopic (exact) mass is 436 g/mol. The molecule has 1 fully saturated rings. The third kappa shape index (κ3) is 5.67. The lowest BCUT2D eigenvalue weighted by Crippen LogP contribution is -2.32. The maximum Gasteiger partial charge on any atom is 0.286 e. The molecule has 0 unspecified atom stereocenters. The molecule has 1 aliphatic rings. The third-order valence-electron chi connectivity index (χ3n) is 5.12. The second-order valence-electron chi connectivity index (χ2n) is 7.59. The number of nitrogens with zero attached hydrogens (tertiary/aromatic N) is 2. The van der Waals surface area contributed by atoms with E-state index in [1.807, 2.05) is 31.2 Å². The number of carbonyl (C=O) groups is 2. The fourth-order valence-electron chi connectivity index (χ4n) is 3.44. The van der Waals surface area contributed by atoms with Crippen molar-refractivity contribution >= 4 is 28.8 Å². The van der Waals surface area contributed by atoms with Crippen LogP contribution >= 0.6 is 11.3 Å². The quantitative estimate of drug-likeness (QED) is 0.574. The summed E-state index contributed by atoms with van der Waals surface area (Å²) in [4.78, 5) is 25.0. The second-order valence-corrected chi connectivity index (χ2v) is 8.65. The van der Waals surface area contributed by atoms with Gasteiger partial charge in [0.15, 0.2) is 5.01 Å². The van der Waals surface area contributed by atoms with Gasteiger partial charge in [0.05, 0.1) is 0 Å². The molecule has 1 heterocycles. The van der Waals surface area contributed by atoms with Crippen LogP contribution in [0.2, 0.25) is 0 Å². The molecule has 0 bridgehead atoms. The van der Waals surface area contributed by atoms with E-state index in [9.17, 15) is 9.59 Å². The van der Waals surface area contributed by atoms with Gasteiger partial charge in [0.2, 0.25) is 5.01 Å². The number of benzene rings is 2. The zero-order valence-electron chi connectivity index (χ0n) is 17.3. The van der Waals surface area contributed by atoms with Gasteiger partial charge in [-0.15, -0.1) is 10.2 Å². The van der Waals surface area contributed by atoms with Crippen molar-refractivity contribution in [3.63, 3.8) is 0 Å². The van der Waals surface area contributed by atoms with Crippen molar-refractivity contribution in [3.8, 4) is 5.75 Å². The van der Waals surface area contributed by atoms with E-state index in [2.05, 4.69) is 20.8 Å². The van der Waals surface area contributed by atoms with Gasteiger partial charge in [0, 0.05) is 17.3 Å². The van der Waals surface area contributed by atoms with Crippen molar-refractivity contribution < 1.29 is 14.3 Å². The summed E-state index contributed by atoms with van der Waals surface area (Å²) < 4.78 is 5.69. The Kier molecular flexibility index (Phi) is 6.57. The Morgan fingerprint density at radius 2 is 1.84 bits per heavy atom. The minimum atomic E-state index is -0.368. The molecular formula is C23H24N4O3S. The molecule has 7 nitrogen and oxygen atoms in total. The maximum absolute atomic E-state index is 12.6.